The van der Waals surface area contributed by atoms with Crippen LogP contribution in [-0.4, -0.2) is 49.0 Å². The van der Waals surface area contributed by atoms with Crippen molar-refractivity contribution in [2.75, 3.05) is 18.9 Å². The van der Waals surface area contributed by atoms with Gasteiger partial charge in [-0.2, -0.15) is 24.7 Å². The smallest absolute Gasteiger partial charge is 0.323 e. The van der Waals surface area contributed by atoms with Crippen LogP contribution in [0.2, 0.25) is 0 Å². The molecule has 100 valence electrons. The molecule has 9 heteroatoms. The van der Waals surface area contributed by atoms with Crippen molar-refractivity contribution >= 4 is 5.95 Å². The molecule has 0 spiro atoms. The summed E-state index contributed by atoms with van der Waals surface area (Å²) >= 11 is 0. The van der Waals surface area contributed by atoms with Crippen molar-refractivity contribution in [1.82, 2.24) is 29.7 Å². The van der Waals surface area contributed by atoms with Gasteiger partial charge in [0.1, 0.15) is 18.8 Å². The van der Waals surface area contributed by atoms with Crippen LogP contribution in [0.4, 0.5) is 5.95 Å². The maximum absolute atomic E-state index is 5.69. The van der Waals surface area contributed by atoms with Gasteiger partial charge < -0.3 is 15.2 Å². The van der Waals surface area contributed by atoms with E-state index in [1.54, 1.807) is 0 Å². The number of nitrogens with two attached hydrogens (primary N) is 1. The molecule has 2 N–H and O–H groups in total. The number of ether oxygens (including phenoxy) is 2. The molecule has 2 aromatic rings. The van der Waals surface area contributed by atoms with Gasteiger partial charge in [-0.15, -0.1) is 0 Å². The Balaban J connectivity index is 1.81. The maximum Gasteiger partial charge on any atom is 0.323 e. The van der Waals surface area contributed by atoms with E-state index in [1.165, 1.54) is 17.3 Å². The van der Waals surface area contributed by atoms with Crippen molar-refractivity contribution in [2.45, 2.75) is 18.9 Å². The third-order valence-corrected chi connectivity index (χ3v) is 2.68. The van der Waals surface area contributed by atoms with Crippen molar-refractivity contribution < 1.29 is 9.47 Å². The van der Waals surface area contributed by atoms with Crippen LogP contribution in [-0.2, 0) is 4.74 Å². The number of anilines is 1. The average Bonchev–Trinajstić information content (AvgIpc) is 2.93. The van der Waals surface area contributed by atoms with E-state index in [0.717, 1.165) is 12.8 Å². The molecular weight excluding hydrogens is 250 g/mol. The molecule has 0 saturated carbocycles. The van der Waals surface area contributed by atoms with E-state index in [-0.39, 0.29) is 24.0 Å². The van der Waals surface area contributed by atoms with E-state index >= 15 is 0 Å². The Bertz CT molecular complexity index is 539. The van der Waals surface area contributed by atoms with Crippen molar-refractivity contribution in [3.63, 3.8) is 0 Å². The van der Waals surface area contributed by atoms with Gasteiger partial charge >= 0.3 is 6.01 Å². The molecule has 0 aliphatic carbocycles. The zero-order valence-corrected chi connectivity index (χ0v) is 10.1. The summed E-state index contributed by atoms with van der Waals surface area (Å²) in [4.78, 5) is 15.9. The van der Waals surface area contributed by atoms with Gasteiger partial charge in [0.25, 0.3) is 5.95 Å². The molecule has 19 heavy (non-hydrogen) atoms. The van der Waals surface area contributed by atoms with Crippen LogP contribution in [0.25, 0.3) is 5.95 Å². The predicted molar refractivity (Wildman–Crippen MR) is 63.6 cm³/mol. The van der Waals surface area contributed by atoms with Gasteiger partial charge in [0.15, 0.2) is 0 Å². The van der Waals surface area contributed by atoms with Crippen LogP contribution in [0.15, 0.2) is 12.7 Å². The zero-order chi connectivity index (χ0) is 13.1. The van der Waals surface area contributed by atoms with Gasteiger partial charge in [-0.05, 0) is 0 Å². The van der Waals surface area contributed by atoms with Crippen LogP contribution in [0.3, 0.4) is 0 Å². The number of nitrogen functional groups attached to an aromatic ring is 1. The lowest BCUT2D eigenvalue weighted by Gasteiger charge is -2.22. The first-order valence-corrected chi connectivity index (χ1v) is 5.92. The summed E-state index contributed by atoms with van der Waals surface area (Å²) < 4.78 is 12.4. The minimum Gasteiger partial charge on any atom is -0.460 e. The summed E-state index contributed by atoms with van der Waals surface area (Å²) in [6, 6.07) is 0.199. The highest BCUT2D eigenvalue weighted by molar-refractivity contribution is 5.24. The minimum atomic E-state index is 0.0409. The first kappa shape index (κ1) is 11.8. The number of nitrogens with zero attached hydrogens (tertiary/aromatic N) is 6. The van der Waals surface area contributed by atoms with E-state index in [2.05, 4.69) is 25.0 Å². The van der Waals surface area contributed by atoms with Gasteiger partial charge in [-0.25, -0.2) is 4.98 Å². The Morgan fingerprint density at radius 3 is 2.84 bits per heavy atom. The van der Waals surface area contributed by atoms with Gasteiger partial charge in [0.2, 0.25) is 5.95 Å². The molecule has 3 rings (SSSR count). The summed E-state index contributed by atoms with van der Waals surface area (Å²) in [6.45, 7) is 1.36. The Hall–Kier alpha value is -2.29. The highest BCUT2D eigenvalue weighted by Gasteiger charge is 2.18. The number of hydrogen-bond acceptors (Lipinski definition) is 8. The molecule has 1 aliphatic rings. The van der Waals surface area contributed by atoms with E-state index < -0.39 is 0 Å². The number of rotatable bonds is 3. The van der Waals surface area contributed by atoms with Crippen LogP contribution < -0.4 is 10.5 Å². The van der Waals surface area contributed by atoms with Gasteiger partial charge in [0, 0.05) is 12.8 Å². The Morgan fingerprint density at radius 1 is 1.26 bits per heavy atom. The van der Waals surface area contributed by atoms with Gasteiger partial charge in [-0.3, -0.25) is 0 Å². The second-order valence-corrected chi connectivity index (χ2v) is 4.05. The second-order valence-electron chi connectivity index (χ2n) is 4.05. The number of aromatic nitrogens is 6. The van der Waals surface area contributed by atoms with Crippen LogP contribution in [0.5, 0.6) is 6.01 Å². The van der Waals surface area contributed by atoms with E-state index in [4.69, 9.17) is 15.2 Å². The largest absolute Gasteiger partial charge is 0.460 e. The normalized spacial score (nSPS) is 16.4. The predicted octanol–water partition coefficient (Wildman–Crippen LogP) is -0.408. The molecule has 3 heterocycles. The summed E-state index contributed by atoms with van der Waals surface area (Å²) in [6.07, 6.45) is 4.53. The Morgan fingerprint density at radius 2 is 2.11 bits per heavy atom. The minimum absolute atomic E-state index is 0.0409. The lowest BCUT2D eigenvalue weighted by Crippen LogP contribution is -2.27. The first-order chi connectivity index (χ1) is 9.31. The topological polar surface area (TPSA) is 114 Å². The Kier molecular flexibility index (Phi) is 3.19. The molecule has 0 bridgehead atoms. The third kappa shape index (κ3) is 2.76. The highest BCUT2D eigenvalue weighted by Crippen LogP contribution is 2.15. The van der Waals surface area contributed by atoms with Crippen LogP contribution in [0.1, 0.15) is 12.8 Å². The molecule has 0 atom stereocenters. The summed E-state index contributed by atoms with van der Waals surface area (Å²) in [5, 5.41) is 3.94. The molecule has 1 aliphatic heterocycles. The zero-order valence-electron chi connectivity index (χ0n) is 10.1. The van der Waals surface area contributed by atoms with E-state index in [1.807, 2.05) is 0 Å². The number of hydrogen-bond donors (Lipinski definition) is 1. The average molecular weight is 263 g/mol. The van der Waals surface area contributed by atoms with Crippen molar-refractivity contribution in [2.24, 2.45) is 0 Å². The fraction of sp³-hybridized carbons (Fsp3) is 0.500. The molecule has 0 amide bonds. The molecule has 1 saturated heterocycles. The lowest BCUT2D eigenvalue weighted by molar-refractivity contribution is 0.0217. The van der Waals surface area contributed by atoms with Crippen molar-refractivity contribution in [1.29, 1.82) is 0 Å². The quantitative estimate of drug-likeness (QED) is 0.795. The summed E-state index contributed by atoms with van der Waals surface area (Å²) in [5.41, 5.74) is 5.64. The monoisotopic (exact) mass is 263 g/mol. The summed E-state index contributed by atoms with van der Waals surface area (Å²) in [7, 11) is 0. The second kappa shape index (κ2) is 5.14. The van der Waals surface area contributed by atoms with Gasteiger partial charge in [-0.1, -0.05) is 0 Å². The molecule has 2 aromatic heterocycles. The van der Waals surface area contributed by atoms with E-state index in [0.29, 0.717) is 13.2 Å². The fourth-order valence-electron chi connectivity index (χ4n) is 1.77. The lowest BCUT2D eigenvalue weighted by atomic mass is 10.2. The highest BCUT2D eigenvalue weighted by atomic mass is 16.5. The maximum atomic E-state index is 5.69. The standard InChI is InChI=1S/C10H13N7O2/c11-8-14-9(17-6-12-5-13-17)16-10(15-8)19-7-1-3-18-4-2-7/h5-7H,1-4H2,(H2,11,14,15,16). The molecule has 0 radical (unpaired) electrons. The SMILES string of the molecule is Nc1nc(OC2CCOCC2)nc(-n2cncn2)n1. The van der Waals surface area contributed by atoms with Crippen LogP contribution >= 0.6 is 0 Å². The van der Waals surface area contributed by atoms with Crippen molar-refractivity contribution in [3.8, 4) is 12.0 Å². The third-order valence-electron chi connectivity index (χ3n) is 2.68. The molecule has 0 aromatic carbocycles. The fourth-order valence-corrected chi connectivity index (χ4v) is 1.77. The van der Waals surface area contributed by atoms with Crippen LogP contribution in [0, 0.1) is 0 Å². The molecule has 0 unspecified atom stereocenters. The Labute approximate surface area is 108 Å². The van der Waals surface area contributed by atoms with Gasteiger partial charge in [0.05, 0.1) is 13.2 Å². The van der Waals surface area contributed by atoms with E-state index in [9.17, 15) is 0 Å². The molecule has 9 nitrogen and oxygen atoms in total. The molecule has 1 fully saturated rings. The molecular formula is C10H13N7O2. The first-order valence-electron chi connectivity index (χ1n) is 5.92. The van der Waals surface area contributed by atoms with Crippen molar-refractivity contribution in [3.05, 3.63) is 12.7 Å². The summed E-state index contributed by atoms with van der Waals surface area (Å²) in [5.74, 6) is 0.370.